The van der Waals surface area contributed by atoms with Crippen molar-refractivity contribution in [3.8, 4) is 0 Å². The van der Waals surface area contributed by atoms with Gasteiger partial charge in [0.1, 0.15) is 5.82 Å². The van der Waals surface area contributed by atoms with E-state index in [1.54, 1.807) is 11.8 Å². The lowest BCUT2D eigenvalue weighted by Crippen LogP contribution is -2.25. The molecule has 1 aliphatic heterocycles. The number of nitrogens with zero attached hydrogens (tertiary/aromatic N) is 1. The highest BCUT2D eigenvalue weighted by molar-refractivity contribution is 8.00. The van der Waals surface area contributed by atoms with E-state index < -0.39 is 0 Å². The lowest BCUT2D eigenvalue weighted by molar-refractivity contribution is -0.118. The van der Waals surface area contributed by atoms with Gasteiger partial charge in [-0.25, -0.2) is 4.98 Å². The van der Waals surface area contributed by atoms with E-state index in [2.05, 4.69) is 45.7 Å². The molecule has 0 fully saturated rings. The van der Waals surface area contributed by atoms with Crippen molar-refractivity contribution in [3.05, 3.63) is 65.0 Å². The third-order valence-electron chi connectivity index (χ3n) is 4.65. The normalized spacial score (nSPS) is 13.8. The number of para-hydroxylation sites is 2. The number of amides is 1. The van der Waals surface area contributed by atoms with Crippen molar-refractivity contribution in [1.82, 2.24) is 20.6 Å². The summed E-state index contributed by atoms with van der Waals surface area (Å²) in [5.74, 6) is 1.39. The number of halogens is 1. The second-order valence-corrected chi connectivity index (χ2v) is 7.90. The highest BCUT2D eigenvalue weighted by atomic mass is 35.5. The fourth-order valence-corrected chi connectivity index (χ4v) is 3.93. The minimum atomic E-state index is 0. The molecule has 0 saturated heterocycles. The van der Waals surface area contributed by atoms with E-state index in [0.29, 0.717) is 12.3 Å². The van der Waals surface area contributed by atoms with Crippen molar-refractivity contribution in [1.29, 1.82) is 0 Å². The number of fused-ring (bicyclic) bond motifs is 2. The molecule has 0 bridgehead atoms. The lowest BCUT2D eigenvalue weighted by atomic mass is 10.1. The molecular weight excluding hydrogens is 380 g/mol. The van der Waals surface area contributed by atoms with Gasteiger partial charge >= 0.3 is 0 Å². The summed E-state index contributed by atoms with van der Waals surface area (Å²) in [4.78, 5) is 20.1. The van der Waals surface area contributed by atoms with Gasteiger partial charge in [-0.3, -0.25) is 4.79 Å². The van der Waals surface area contributed by atoms with Crippen molar-refractivity contribution in [2.24, 2.45) is 0 Å². The largest absolute Gasteiger partial charge is 0.351 e. The molecule has 0 aliphatic carbocycles. The van der Waals surface area contributed by atoms with Crippen LogP contribution < -0.4 is 10.6 Å². The Morgan fingerprint density at radius 3 is 2.89 bits per heavy atom. The molecule has 3 aromatic rings. The van der Waals surface area contributed by atoms with Gasteiger partial charge in [0.15, 0.2) is 0 Å². The van der Waals surface area contributed by atoms with Crippen LogP contribution in [0, 0.1) is 0 Å². The van der Waals surface area contributed by atoms with Crippen LogP contribution in [0.15, 0.2) is 42.5 Å². The molecule has 142 valence electrons. The fraction of sp³-hybridized carbons (Fsp3) is 0.300. The van der Waals surface area contributed by atoms with E-state index >= 15 is 0 Å². The van der Waals surface area contributed by atoms with Gasteiger partial charge in [-0.15, -0.1) is 24.2 Å². The van der Waals surface area contributed by atoms with E-state index in [0.717, 1.165) is 35.5 Å². The maximum atomic E-state index is 12.2. The summed E-state index contributed by atoms with van der Waals surface area (Å²) in [6, 6.07) is 14.4. The van der Waals surface area contributed by atoms with Crippen LogP contribution >= 0.6 is 24.2 Å². The van der Waals surface area contributed by atoms with Gasteiger partial charge in [0.25, 0.3) is 0 Å². The van der Waals surface area contributed by atoms with Crippen molar-refractivity contribution >= 4 is 41.1 Å². The summed E-state index contributed by atoms with van der Waals surface area (Å²) in [6.07, 6.45) is 0. The zero-order chi connectivity index (χ0) is 17.9. The molecule has 27 heavy (non-hydrogen) atoms. The van der Waals surface area contributed by atoms with Gasteiger partial charge in [0.2, 0.25) is 5.91 Å². The van der Waals surface area contributed by atoms with Gasteiger partial charge < -0.3 is 15.6 Å². The molecule has 5 nitrogen and oxygen atoms in total. The zero-order valence-electron chi connectivity index (χ0n) is 15.1. The molecule has 0 radical (unpaired) electrons. The maximum absolute atomic E-state index is 12.2. The number of aromatic nitrogens is 2. The predicted molar refractivity (Wildman–Crippen MR) is 113 cm³/mol. The number of carbonyl (C=O) groups is 1. The molecule has 1 amide bonds. The Balaban J connectivity index is 0.00000210. The molecule has 1 aliphatic rings. The number of imidazole rings is 1. The number of benzene rings is 2. The lowest BCUT2D eigenvalue weighted by Gasteiger charge is -2.10. The monoisotopic (exact) mass is 402 g/mol. The molecule has 3 N–H and O–H groups in total. The van der Waals surface area contributed by atoms with Crippen molar-refractivity contribution < 1.29 is 4.79 Å². The van der Waals surface area contributed by atoms with E-state index in [-0.39, 0.29) is 23.6 Å². The Morgan fingerprint density at radius 2 is 2.04 bits per heavy atom. The van der Waals surface area contributed by atoms with Gasteiger partial charge in [-0.05, 0) is 35.7 Å². The second-order valence-electron chi connectivity index (χ2n) is 6.58. The summed E-state index contributed by atoms with van der Waals surface area (Å²) >= 11 is 1.59. The summed E-state index contributed by atoms with van der Waals surface area (Å²) in [5, 5.41) is 6.49. The maximum Gasteiger partial charge on any atom is 0.230 e. The Labute approximate surface area is 169 Å². The summed E-state index contributed by atoms with van der Waals surface area (Å²) in [5.41, 5.74) is 5.84. The molecule has 1 atom stereocenters. The van der Waals surface area contributed by atoms with Gasteiger partial charge in [0.05, 0.1) is 22.0 Å². The summed E-state index contributed by atoms with van der Waals surface area (Å²) < 4.78 is 0. The highest BCUT2D eigenvalue weighted by Crippen LogP contribution is 2.27. The molecule has 1 aromatic heterocycles. The number of H-pyrrole nitrogens is 1. The van der Waals surface area contributed by atoms with Crippen molar-refractivity contribution in [2.75, 3.05) is 5.75 Å². The van der Waals surface area contributed by atoms with Gasteiger partial charge in [-0.2, -0.15) is 0 Å². The first-order valence-corrected chi connectivity index (χ1v) is 9.88. The minimum absolute atomic E-state index is 0. The Kier molecular flexibility index (Phi) is 6.42. The number of thioether (sulfide) groups is 1. The van der Waals surface area contributed by atoms with Gasteiger partial charge in [0, 0.05) is 19.6 Å². The average Bonchev–Trinajstić information content (AvgIpc) is 3.30. The van der Waals surface area contributed by atoms with Crippen LogP contribution in [-0.4, -0.2) is 21.6 Å². The van der Waals surface area contributed by atoms with Gasteiger partial charge in [-0.1, -0.05) is 30.3 Å². The first-order chi connectivity index (χ1) is 12.7. The molecule has 1 unspecified atom stereocenters. The molecule has 2 aromatic carbocycles. The van der Waals surface area contributed by atoms with Crippen LogP contribution in [0.4, 0.5) is 0 Å². The van der Waals surface area contributed by atoms with E-state index in [1.807, 2.05) is 24.3 Å². The third kappa shape index (κ3) is 4.64. The first-order valence-electron chi connectivity index (χ1n) is 8.83. The van der Waals surface area contributed by atoms with E-state index in [1.165, 1.54) is 11.1 Å². The van der Waals surface area contributed by atoms with Crippen LogP contribution in [0.3, 0.4) is 0 Å². The number of aromatic amines is 1. The summed E-state index contributed by atoms with van der Waals surface area (Å²) in [6.45, 7) is 4.51. The number of nitrogens with one attached hydrogen (secondary N) is 3. The first kappa shape index (κ1) is 19.7. The van der Waals surface area contributed by atoms with Crippen LogP contribution in [0.5, 0.6) is 0 Å². The minimum Gasteiger partial charge on any atom is -0.351 e. The van der Waals surface area contributed by atoms with E-state index in [9.17, 15) is 4.79 Å². The van der Waals surface area contributed by atoms with Crippen LogP contribution in [-0.2, 0) is 24.4 Å². The number of hydrogen-bond acceptors (Lipinski definition) is 4. The fourth-order valence-electron chi connectivity index (χ4n) is 3.15. The number of carbonyl (C=O) groups excluding carboxylic acids is 1. The Hall–Kier alpha value is -2.02. The Morgan fingerprint density at radius 1 is 1.22 bits per heavy atom. The molecule has 2 heterocycles. The SMILES string of the molecule is CC(SCC(=O)NCc1ccc2c(c1)CNC2)c1nc2ccccc2[nH]1.Cl. The van der Waals surface area contributed by atoms with E-state index in [4.69, 9.17) is 0 Å². The summed E-state index contributed by atoms with van der Waals surface area (Å²) in [7, 11) is 0. The van der Waals surface area contributed by atoms with Crippen LogP contribution in [0.2, 0.25) is 0 Å². The van der Waals surface area contributed by atoms with Crippen LogP contribution in [0.1, 0.15) is 34.7 Å². The second kappa shape index (κ2) is 8.78. The highest BCUT2D eigenvalue weighted by Gasteiger charge is 2.14. The smallest absolute Gasteiger partial charge is 0.230 e. The van der Waals surface area contributed by atoms with Crippen molar-refractivity contribution in [2.45, 2.75) is 31.8 Å². The molecule has 0 spiro atoms. The number of hydrogen-bond donors (Lipinski definition) is 3. The quantitative estimate of drug-likeness (QED) is 0.588. The Bertz CT molecular complexity index is 910. The zero-order valence-corrected chi connectivity index (χ0v) is 16.8. The predicted octanol–water partition coefficient (Wildman–Crippen LogP) is 3.70. The topological polar surface area (TPSA) is 69.8 Å². The third-order valence-corrected chi connectivity index (χ3v) is 5.80. The average molecular weight is 403 g/mol. The standard InChI is InChI=1S/C20H22N4OS.ClH/c1-13(20-23-17-4-2-3-5-18(17)24-20)26-12-19(25)22-9-14-6-7-15-10-21-11-16(15)8-14;/h2-8,13,21H,9-12H2,1H3,(H,22,25)(H,23,24);1H. The van der Waals surface area contributed by atoms with Crippen molar-refractivity contribution in [3.63, 3.8) is 0 Å². The molecule has 7 heteroatoms. The molecule has 4 rings (SSSR count). The number of rotatable bonds is 6. The molecule has 0 saturated carbocycles. The van der Waals surface area contributed by atoms with Crippen LogP contribution in [0.25, 0.3) is 11.0 Å². The molecular formula is C20H23ClN4OS.